The zero-order valence-electron chi connectivity index (χ0n) is 12.1. The minimum atomic E-state index is -0.384. The van der Waals surface area contributed by atoms with Gasteiger partial charge in [-0.15, -0.1) is 0 Å². The number of non-ortho nitro benzene ring substituents is 1. The Morgan fingerprint density at radius 1 is 1.14 bits per heavy atom. The molecule has 0 aliphatic heterocycles. The van der Waals surface area contributed by atoms with E-state index in [1.807, 2.05) is 18.2 Å². The summed E-state index contributed by atoms with van der Waals surface area (Å²) in [5, 5.41) is 11.8. The van der Waals surface area contributed by atoms with E-state index in [-0.39, 0.29) is 10.6 Å². The van der Waals surface area contributed by atoms with Crippen LogP contribution >= 0.6 is 11.3 Å². The molecule has 0 atom stereocenters. The fourth-order valence-electron chi connectivity index (χ4n) is 2.38. The van der Waals surface area contributed by atoms with E-state index >= 15 is 0 Å². The third kappa shape index (κ3) is 2.76. The number of nitro groups is 1. The first-order valence-corrected chi connectivity index (χ1v) is 7.84. The Labute approximate surface area is 132 Å². The lowest BCUT2D eigenvalue weighted by Crippen LogP contribution is -2.33. The number of aryl methyl sites for hydroxylation is 1. The van der Waals surface area contributed by atoms with Crippen molar-refractivity contribution in [3.63, 3.8) is 0 Å². The first-order chi connectivity index (χ1) is 10.7. The molecule has 5 heteroatoms. The van der Waals surface area contributed by atoms with Crippen molar-refractivity contribution in [2.75, 3.05) is 0 Å². The van der Waals surface area contributed by atoms with E-state index in [4.69, 9.17) is 0 Å². The van der Waals surface area contributed by atoms with Crippen LogP contribution in [-0.4, -0.2) is 4.92 Å². The fraction of sp³-hybridized carbons (Fsp3) is 0.118. The Morgan fingerprint density at radius 3 is 2.55 bits per heavy atom. The van der Waals surface area contributed by atoms with Crippen LogP contribution < -0.4 is 4.57 Å². The van der Waals surface area contributed by atoms with Crippen molar-refractivity contribution < 1.29 is 9.49 Å². The molecule has 0 aliphatic rings. The molecule has 0 unspecified atom stereocenters. The monoisotopic (exact) mass is 311 g/mol. The Morgan fingerprint density at radius 2 is 1.86 bits per heavy atom. The molecule has 1 heterocycles. The van der Waals surface area contributed by atoms with Crippen LogP contribution in [0.3, 0.4) is 0 Å². The zero-order chi connectivity index (χ0) is 15.5. The van der Waals surface area contributed by atoms with Gasteiger partial charge in [0.1, 0.15) is 11.2 Å². The third-order valence-corrected chi connectivity index (χ3v) is 4.61. The van der Waals surface area contributed by atoms with Crippen molar-refractivity contribution in [1.82, 2.24) is 0 Å². The summed E-state index contributed by atoms with van der Waals surface area (Å²) in [6, 6.07) is 14.9. The summed E-state index contributed by atoms with van der Waals surface area (Å²) in [7, 11) is 0. The highest BCUT2D eigenvalue weighted by molar-refractivity contribution is 7.18. The second-order valence-corrected chi connectivity index (χ2v) is 5.90. The van der Waals surface area contributed by atoms with Gasteiger partial charge in [-0.2, -0.15) is 4.57 Å². The van der Waals surface area contributed by atoms with Crippen molar-refractivity contribution >= 4 is 39.4 Å². The van der Waals surface area contributed by atoms with Gasteiger partial charge in [0.2, 0.25) is 5.52 Å². The van der Waals surface area contributed by atoms with Crippen molar-refractivity contribution in [2.24, 2.45) is 0 Å². The summed E-state index contributed by atoms with van der Waals surface area (Å²) in [5.41, 5.74) is 2.30. The van der Waals surface area contributed by atoms with Crippen LogP contribution in [0, 0.1) is 10.1 Å². The number of benzene rings is 2. The van der Waals surface area contributed by atoms with Crippen LogP contribution in [0.25, 0.3) is 22.4 Å². The summed E-state index contributed by atoms with van der Waals surface area (Å²) in [6.45, 7) is 3.03. The number of nitrogens with zero attached hydrogens (tertiary/aromatic N) is 2. The number of rotatable bonds is 4. The summed E-state index contributed by atoms with van der Waals surface area (Å²) < 4.78 is 3.52. The minimum absolute atomic E-state index is 0.114. The Balaban J connectivity index is 1.93. The average Bonchev–Trinajstić information content (AvgIpc) is 2.90. The summed E-state index contributed by atoms with van der Waals surface area (Å²) in [5.74, 6) is 0. The molecular formula is C17H15N2O2S+. The van der Waals surface area contributed by atoms with E-state index in [1.165, 1.54) is 27.4 Å². The lowest BCUT2D eigenvalue weighted by Gasteiger charge is -1.93. The minimum Gasteiger partial charge on any atom is -0.258 e. The van der Waals surface area contributed by atoms with Gasteiger partial charge in [-0.05, 0) is 36.8 Å². The maximum Gasteiger partial charge on any atom is 0.269 e. The first-order valence-electron chi connectivity index (χ1n) is 7.03. The molecule has 110 valence electrons. The number of para-hydroxylation sites is 1. The molecule has 0 amide bonds. The SMILES string of the molecule is CC[n+]1c(/C=C/c2ccc([N+](=O)[O-])cc2)sc2ccccc21. The van der Waals surface area contributed by atoms with Crippen molar-refractivity contribution in [3.05, 3.63) is 69.2 Å². The van der Waals surface area contributed by atoms with Gasteiger partial charge in [0.15, 0.2) is 0 Å². The van der Waals surface area contributed by atoms with Crippen LogP contribution in [0.2, 0.25) is 0 Å². The molecule has 22 heavy (non-hydrogen) atoms. The van der Waals surface area contributed by atoms with E-state index in [0.717, 1.165) is 12.1 Å². The van der Waals surface area contributed by atoms with Crippen LogP contribution in [0.15, 0.2) is 48.5 Å². The van der Waals surface area contributed by atoms with Gasteiger partial charge in [-0.25, -0.2) is 0 Å². The molecule has 2 aromatic carbocycles. The highest BCUT2D eigenvalue weighted by atomic mass is 32.1. The molecule has 0 saturated heterocycles. The zero-order valence-corrected chi connectivity index (χ0v) is 12.9. The van der Waals surface area contributed by atoms with Gasteiger partial charge in [-0.1, -0.05) is 23.5 Å². The van der Waals surface area contributed by atoms with Crippen LogP contribution in [0.4, 0.5) is 5.69 Å². The van der Waals surface area contributed by atoms with Gasteiger partial charge >= 0.3 is 0 Å². The topological polar surface area (TPSA) is 47.0 Å². The van der Waals surface area contributed by atoms with E-state index in [0.29, 0.717) is 0 Å². The van der Waals surface area contributed by atoms with E-state index in [9.17, 15) is 10.1 Å². The van der Waals surface area contributed by atoms with E-state index in [1.54, 1.807) is 23.5 Å². The molecule has 0 aliphatic carbocycles. The van der Waals surface area contributed by atoms with Gasteiger partial charge in [0.05, 0.1) is 4.92 Å². The molecule has 0 bridgehead atoms. The number of hydrogen-bond acceptors (Lipinski definition) is 3. The Bertz CT molecular complexity index is 851. The summed E-state index contributed by atoms with van der Waals surface area (Å²) in [4.78, 5) is 10.3. The molecule has 0 fully saturated rings. The smallest absolute Gasteiger partial charge is 0.258 e. The van der Waals surface area contributed by atoms with Crippen molar-refractivity contribution in [1.29, 1.82) is 0 Å². The molecule has 4 nitrogen and oxygen atoms in total. The molecule has 0 radical (unpaired) electrons. The lowest BCUT2D eigenvalue weighted by atomic mass is 10.2. The summed E-state index contributed by atoms with van der Waals surface area (Å²) in [6.07, 6.45) is 4.05. The average molecular weight is 311 g/mol. The number of hydrogen-bond donors (Lipinski definition) is 0. The lowest BCUT2D eigenvalue weighted by molar-refractivity contribution is -0.665. The van der Waals surface area contributed by atoms with E-state index in [2.05, 4.69) is 29.7 Å². The van der Waals surface area contributed by atoms with Crippen LogP contribution in [-0.2, 0) is 6.54 Å². The Kier molecular flexibility index (Phi) is 3.98. The fourth-order valence-corrected chi connectivity index (χ4v) is 3.51. The van der Waals surface area contributed by atoms with Crippen LogP contribution in [0.5, 0.6) is 0 Å². The standard InChI is InChI=1S/C17H15N2O2S/c1-2-18-15-5-3-4-6-16(15)22-17(18)12-9-13-7-10-14(11-8-13)19(20)21/h3-12H,2H2,1H3/q+1/b12-9+. The largest absolute Gasteiger partial charge is 0.269 e. The van der Waals surface area contributed by atoms with Crippen molar-refractivity contribution in [2.45, 2.75) is 13.5 Å². The first kappa shape index (κ1) is 14.4. The second kappa shape index (κ2) is 6.07. The molecule has 0 N–H and O–H groups in total. The maximum atomic E-state index is 10.7. The van der Waals surface area contributed by atoms with Gasteiger partial charge in [-0.3, -0.25) is 10.1 Å². The molecule has 1 aromatic heterocycles. The molecule has 3 aromatic rings. The quantitative estimate of drug-likeness (QED) is 0.410. The number of aromatic nitrogens is 1. The second-order valence-electron chi connectivity index (χ2n) is 4.83. The molecule has 0 saturated carbocycles. The van der Waals surface area contributed by atoms with Crippen molar-refractivity contribution in [3.8, 4) is 0 Å². The van der Waals surface area contributed by atoms with Gasteiger partial charge in [0, 0.05) is 24.3 Å². The summed E-state index contributed by atoms with van der Waals surface area (Å²) >= 11 is 1.74. The van der Waals surface area contributed by atoms with Crippen LogP contribution in [0.1, 0.15) is 17.5 Å². The number of nitro benzene ring substituents is 1. The molecular weight excluding hydrogens is 296 g/mol. The number of fused-ring (bicyclic) bond motifs is 1. The Hall–Kier alpha value is -2.53. The number of thiazole rings is 1. The van der Waals surface area contributed by atoms with E-state index < -0.39 is 0 Å². The van der Waals surface area contributed by atoms with Gasteiger partial charge in [0.25, 0.3) is 10.7 Å². The molecule has 0 spiro atoms. The molecule has 3 rings (SSSR count). The maximum absolute atomic E-state index is 10.7. The highest BCUT2D eigenvalue weighted by Gasteiger charge is 2.15. The normalized spacial score (nSPS) is 11.3. The third-order valence-electron chi connectivity index (χ3n) is 3.48. The van der Waals surface area contributed by atoms with Gasteiger partial charge < -0.3 is 0 Å². The predicted octanol–water partition coefficient (Wildman–Crippen LogP) is 4.29. The predicted molar refractivity (Wildman–Crippen MR) is 89.7 cm³/mol. The highest BCUT2D eigenvalue weighted by Crippen LogP contribution is 2.22.